The number of nitrogens with zero attached hydrogens (tertiary/aromatic N) is 1. The Morgan fingerprint density at radius 1 is 1.07 bits per heavy atom. The molecule has 0 fully saturated rings. The first-order valence-corrected chi connectivity index (χ1v) is 11.5. The smallest absolute Gasteiger partial charge is 0.257 e. The van der Waals surface area contributed by atoms with Crippen LogP contribution in [0.5, 0.6) is 5.75 Å². The van der Waals surface area contributed by atoms with Crippen LogP contribution < -0.4 is 14.4 Å². The van der Waals surface area contributed by atoms with Crippen molar-refractivity contribution in [2.75, 3.05) is 30.8 Å². The lowest BCUT2D eigenvalue weighted by molar-refractivity contribution is -0.123. The number of aryl methyl sites for hydroxylation is 1. The molecule has 0 aromatic heterocycles. The van der Waals surface area contributed by atoms with Crippen LogP contribution in [-0.4, -0.2) is 40.8 Å². The van der Waals surface area contributed by atoms with Crippen molar-refractivity contribution in [2.45, 2.75) is 32.6 Å². The number of hydrogen-bond acceptors (Lipinski definition) is 4. The van der Waals surface area contributed by atoms with E-state index < -0.39 is 10.0 Å². The van der Waals surface area contributed by atoms with Crippen molar-refractivity contribution < 1.29 is 17.9 Å². The summed E-state index contributed by atoms with van der Waals surface area (Å²) in [6.45, 7) is 4.86. The molecule has 7 heteroatoms. The number of carbonyl (C=O) groups is 1. The molecule has 0 saturated carbocycles. The predicted molar refractivity (Wildman–Crippen MR) is 117 cm³/mol. The minimum Gasteiger partial charge on any atom is -0.484 e. The largest absolute Gasteiger partial charge is 0.484 e. The number of anilines is 1. The van der Waals surface area contributed by atoms with E-state index in [0.717, 1.165) is 19.1 Å². The third-order valence-corrected chi connectivity index (χ3v) is 5.88. The molecule has 0 atom stereocenters. The van der Waals surface area contributed by atoms with Crippen molar-refractivity contribution in [2.24, 2.45) is 0 Å². The number of ether oxygens (including phenoxy) is 1. The average Bonchev–Trinajstić information content (AvgIpc) is 2.69. The zero-order valence-electron chi connectivity index (χ0n) is 17.5. The monoisotopic (exact) mass is 418 g/mol. The summed E-state index contributed by atoms with van der Waals surface area (Å²) in [6, 6.07) is 15.2. The number of amides is 1. The van der Waals surface area contributed by atoms with Crippen LogP contribution in [0.4, 0.5) is 5.69 Å². The van der Waals surface area contributed by atoms with Crippen LogP contribution in [0, 0.1) is 0 Å². The third kappa shape index (κ3) is 7.42. The molecule has 0 heterocycles. The van der Waals surface area contributed by atoms with Gasteiger partial charge < -0.3 is 10.1 Å². The summed E-state index contributed by atoms with van der Waals surface area (Å²) in [5.74, 6) is 0.855. The summed E-state index contributed by atoms with van der Waals surface area (Å²) < 4.78 is 29.7. The Bertz CT molecular complexity index is 891. The second-order valence-corrected chi connectivity index (χ2v) is 9.38. The van der Waals surface area contributed by atoms with Crippen LogP contribution in [0.2, 0.25) is 0 Å². The third-order valence-electron chi connectivity index (χ3n) is 4.68. The van der Waals surface area contributed by atoms with Crippen molar-refractivity contribution in [1.29, 1.82) is 0 Å². The van der Waals surface area contributed by atoms with Gasteiger partial charge in [-0.3, -0.25) is 9.10 Å². The molecular weight excluding hydrogens is 388 g/mol. The fourth-order valence-corrected chi connectivity index (χ4v) is 3.24. The van der Waals surface area contributed by atoms with E-state index in [9.17, 15) is 13.2 Å². The van der Waals surface area contributed by atoms with Crippen molar-refractivity contribution in [3.05, 3.63) is 59.7 Å². The van der Waals surface area contributed by atoms with Gasteiger partial charge >= 0.3 is 0 Å². The Hall–Kier alpha value is -2.54. The molecule has 2 aromatic rings. The first kappa shape index (κ1) is 22.7. The maximum atomic E-state index is 11.9. The fourth-order valence-electron chi connectivity index (χ4n) is 2.73. The minimum absolute atomic E-state index is 0.0790. The molecule has 0 aliphatic heterocycles. The molecule has 0 aliphatic rings. The quantitative estimate of drug-likeness (QED) is 0.601. The van der Waals surface area contributed by atoms with Gasteiger partial charge in [0.05, 0.1) is 11.9 Å². The molecule has 0 aliphatic carbocycles. The number of rotatable bonds is 10. The van der Waals surface area contributed by atoms with Gasteiger partial charge in [0.1, 0.15) is 5.75 Å². The van der Waals surface area contributed by atoms with E-state index in [2.05, 4.69) is 43.4 Å². The van der Waals surface area contributed by atoms with Gasteiger partial charge in [0.25, 0.3) is 5.91 Å². The predicted octanol–water partition coefficient (Wildman–Crippen LogP) is 3.33. The van der Waals surface area contributed by atoms with Crippen molar-refractivity contribution in [1.82, 2.24) is 5.32 Å². The summed E-state index contributed by atoms with van der Waals surface area (Å²) in [4.78, 5) is 11.9. The highest BCUT2D eigenvalue weighted by atomic mass is 32.2. The summed E-state index contributed by atoms with van der Waals surface area (Å²) >= 11 is 0. The van der Waals surface area contributed by atoms with E-state index in [1.807, 2.05) is 0 Å². The van der Waals surface area contributed by atoms with Gasteiger partial charge in [0.2, 0.25) is 10.0 Å². The molecule has 1 amide bonds. The second kappa shape index (κ2) is 10.3. The van der Waals surface area contributed by atoms with Crippen LogP contribution in [0.15, 0.2) is 48.5 Å². The molecule has 1 N–H and O–H groups in total. The minimum atomic E-state index is -3.31. The van der Waals surface area contributed by atoms with Crippen molar-refractivity contribution in [3.8, 4) is 5.75 Å². The number of sulfonamides is 1. The first-order valence-electron chi connectivity index (χ1n) is 9.69. The van der Waals surface area contributed by atoms with Crippen LogP contribution >= 0.6 is 0 Å². The van der Waals surface area contributed by atoms with Gasteiger partial charge in [-0.2, -0.15) is 0 Å². The lowest BCUT2D eigenvalue weighted by Gasteiger charge is -2.16. The van der Waals surface area contributed by atoms with Gasteiger partial charge in [-0.05, 0) is 54.2 Å². The van der Waals surface area contributed by atoms with Gasteiger partial charge in [-0.25, -0.2) is 8.42 Å². The second-order valence-electron chi connectivity index (χ2n) is 7.36. The van der Waals surface area contributed by atoms with Gasteiger partial charge in [0.15, 0.2) is 6.61 Å². The normalized spacial score (nSPS) is 11.3. The summed E-state index contributed by atoms with van der Waals surface area (Å²) in [5, 5.41) is 2.85. The Morgan fingerprint density at radius 3 is 2.24 bits per heavy atom. The van der Waals surface area contributed by atoms with Gasteiger partial charge in [-0.1, -0.05) is 38.1 Å². The highest BCUT2D eigenvalue weighted by Crippen LogP contribution is 2.20. The van der Waals surface area contributed by atoms with Crippen LogP contribution in [0.1, 0.15) is 37.3 Å². The number of benzene rings is 2. The van der Waals surface area contributed by atoms with E-state index in [0.29, 0.717) is 23.9 Å². The topological polar surface area (TPSA) is 75.7 Å². The molecule has 0 radical (unpaired) electrons. The van der Waals surface area contributed by atoms with Crippen LogP contribution in [0.3, 0.4) is 0 Å². The van der Waals surface area contributed by atoms with E-state index in [4.69, 9.17) is 4.74 Å². The van der Waals surface area contributed by atoms with E-state index in [1.54, 1.807) is 24.3 Å². The molecule has 2 aromatic carbocycles. The summed E-state index contributed by atoms with van der Waals surface area (Å²) in [5.41, 5.74) is 3.12. The Balaban J connectivity index is 1.69. The molecular formula is C22H30N2O4S. The lowest BCUT2D eigenvalue weighted by Crippen LogP contribution is -2.30. The Kier molecular flexibility index (Phi) is 8.08. The van der Waals surface area contributed by atoms with E-state index in [-0.39, 0.29) is 12.5 Å². The SMILES string of the molecule is CC(C)c1ccc(CCCNC(=O)COc2ccc(N(C)S(C)(=O)=O)cc2)cc1. The standard InChI is InChI=1S/C22H30N2O4S/c1-17(2)19-9-7-18(8-10-19)6-5-15-23-22(25)16-28-21-13-11-20(12-14-21)24(3)29(4,26)27/h7-14,17H,5-6,15-16H2,1-4H3,(H,23,25). The van der Waals surface area contributed by atoms with Crippen LogP contribution in [0.25, 0.3) is 0 Å². The molecule has 6 nitrogen and oxygen atoms in total. The van der Waals surface area contributed by atoms with Gasteiger partial charge in [-0.15, -0.1) is 0 Å². The molecule has 0 saturated heterocycles. The number of carbonyl (C=O) groups excluding carboxylic acids is 1. The van der Waals surface area contributed by atoms with Crippen molar-refractivity contribution >= 4 is 21.6 Å². The zero-order valence-corrected chi connectivity index (χ0v) is 18.3. The molecule has 0 unspecified atom stereocenters. The molecule has 0 spiro atoms. The molecule has 29 heavy (non-hydrogen) atoms. The summed E-state index contributed by atoms with van der Waals surface area (Å²) in [7, 11) is -1.82. The Morgan fingerprint density at radius 2 is 1.69 bits per heavy atom. The zero-order chi connectivity index (χ0) is 21.4. The highest BCUT2D eigenvalue weighted by molar-refractivity contribution is 7.92. The van der Waals surface area contributed by atoms with Crippen LogP contribution in [-0.2, 0) is 21.2 Å². The maximum Gasteiger partial charge on any atom is 0.257 e. The summed E-state index contributed by atoms with van der Waals surface area (Å²) in [6.07, 6.45) is 2.91. The maximum absolute atomic E-state index is 11.9. The molecule has 158 valence electrons. The average molecular weight is 419 g/mol. The van der Waals surface area contributed by atoms with Gasteiger partial charge in [0, 0.05) is 13.6 Å². The van der Waals surface area contributed by atoms with E-state index >= 15 is 0 Å². The Labute approximate surface area is 173 Å². The number of hydrogen-bond donors (Lipinski definition) is 1. The fraction of sp³-hybridized carbons (Fsp3) is 0.409. The molecule has 2 rings (SSSR count). The molecule has 0 bridgehead atoms. The number of nitrogens with one attached hydrogen (secondary N) is 1. The van der Waals surface area contributed by atoms with E-state index in [1.165, 1.54) is 22.5 Å². The highest BCUT2D eigenvalue weighted by Gasteiger charge is 2.11. The lowest BCUT2D eigenvalue weighted by atomic mass is 10.0. The first-order chi connectivity index (χ1) is 13.7. The van der Waals surface area contributed by atoms with Crippen molar-refractivity contribution in [3.63, 3.8) is 0 Å².